The van der Waals surface area contributed by atoms with Crippen LogP contribution in [0.2, 0.25) is 0 Å². The fourth-order valence-corrected chi connectivity index (χ4v) is 1.69. The number of H-pyrrole nitrogens is 1. The van der Waals surface area contributed by atoms with Gasteiger partial charge in [-0.25, -0.2) is 0 Å². The van der Waals surface area contributed by atoms with Gasteiger partial charge in [-0.15, -0.1) is 0 Å². The molecule has 86 valence electrons. The zero-order valence-electron chi connectivity index (χ0n) is 9.17. The summed E-state index contributed by atoms with van der Waals surface area (Å²) in [6.45, 7) is 1.27. The van der Waals surface area contributed by atoms with Crippen molar-refractivity contribution in [3.63, 3.8) is 0 Å². The van der Waals surface area contributed by atoms with Crippen molar-refractivity contribution in [1.29, 1.82) is 0 Å². The smallest absolute Gasteiger partial charge is 0.195 e. The van der Waals surface area contributed by atoms with E-state index in [9.17, 15) is 0 Å². The maximum Gasteiger partial charge on any atom is 0.195 e. The molecule has 2 rings (SSSR count). The number of aromatic amines is 1. The predicted molar refractivity (Wildman–Crippen MR) is 61.5 cm³/mol. The first kappa shape index (κ1) is 11.0. The minimum absolute atomic E-state index is 0.593. The quantitative estimate of drug-likeness (QED) is 0.808. The molecule has 6 nitrogen and oxygen atoms in total. The first-order valence-corrected chi connectivity index (χ1v) is 5.26. The molecule has 2 aromatic rings. The summed E-state index contributed by atoms with van der Waals surface area (Å²) in [5.74, 6) is 0.787. The molecule has 7 heteroatoms. The molecule has 0 atom stereocenters. The van der Waals surface area contributed by atoms with Crippen molar-refractivity contribution in [1.82, 2.24) is 24.5 Å². The van der Waals surface area contributed by atoms with Crippen molar-refractivity contribution >= 4 is 12.2 Å². The highest BCUT2D eigenvalue weighted by Crippen LogP contribution is 2.15. The Kier molecular flexibility index (Phi) is 3.16. The van der Waals surface area contributed by atoms with Crippen molar-refractivity contribution in [2.45, 2.75) is 6.54 Å². The maximum atomic E-state index is 5.16. The fraction of sp³-hybridized carbons (Fsp3) is 0.444. The monoisotopic (exact) mass is 239 g/mol. The lowest BCUT2D eigenvalue weighted by Gasteiger charge is -2.03. The van der Waals surface area contributed by atoms with Crippen molar-refractivity contribution in [2.24, 2.45) is 7.05 Å². The summed E-state index contributed by atoms with van der Waals surface area (Å²) in [6.07, 6.45) is 3.66. The molecular weight excluding hydrogens is 226 g/mol. The van der Waals surface area contributed by atoms with Crippen molar-refractivity contribution in [3.05, 3.63) is 17.2 Å². The molecule has 1 N–H and O–H groups in total. The van der Waals surface area contributed by atoms with Crippen LogP contribution in [-0.4, -0.2) is 38.3 Å². The average molecular weight is 239 g/mol. The lowest BCUT2D eigenvalue weighted by molar-refractivity contribution is 0.187. The third-order valence-corrected chi connectivity index (χ3v) is 2.55. The Hall–Kier alpha value is -1.47. The molecule has 0 aliphatic rings. The molecule has 0 unspecified atom stereocenters. The summed E-state index contributed by atoms with van der Waals surface area (Å²) in [7, 11) is 3.53. The molecule has 16 heavy (non-hydrogen) atoms. The molecule has 2 heterocycles. The Morgan fingerprint density at radius 2 is 2.38 bits per heavy atom. The van der Waals surface area contributed by atoms with Gasteiger partial charge in [0, 0.05) is 20.4 Å². The Labute approximate surface area is 97.9 Å². The molecule has 0 aromatic carbocycles. The first-order chi connectivity index (χ1) is 7.72. The third-order valence-electron chi connectivity index (χ3n) is 2.24. The Balaban J connectivity index is 2.37. The number of aromatic nitrogens is 5. The maximum absolute atomic E-state index is 5.16. The van der Waals surface area contributed by atoms with Crippen LogP contribution in [-0.2, 0) is 18.3 Å². The van der Waals surface area contributed by atoms with Crippen molar-refractivity contribution < 1.29 is 4.74 Å². The van der Waals surface area contributed by atoms with Crippen molar-refractivity contribution in [3.8, 4) is 11.4 Å². The minimum Gasteiger partial charge on any atom is -0.383 e. The molecule has 0 bridgehead atoms. The minimum atomic E-state index is 0.593. The van der Waals surface area contributed by atoms with Crippen LogP contribution in [0.15, 0.2) is 12.4 Å². The van der Waals surface area contributed by atoms with Gasteiger partial charge in [0.15, 0.2) is 10.6 Å². The van der Waals surface area contributed by atoms with Crippen molar-refractivity contribution in [2.75, 3.05) is 13.7 Å². The molecule has 0 saturated carbocycles. The number of aryl methyl sites for hydroxylation is 1. The van der Waals surface area contributed by atoms with Crippen LogP contribution in [0.5, 0.6) is 0 Å². The summed E-state index contributed by atoms with van der Waals surface area (Å²) < 4.78 is 9.26. The topological polar surface area (TPSA) is 60.7 Å². The average Bonchev–Trinajstić information content (AvgIpc) is 2.82. The van der Waals surface area contributed by atoms with Gasteiger partial charge in [0.1, 0.15) is 0 Å². The van der Waals surface area contributed by atoms with Crippen LogP contribution in [0.3, 0.4) is 0 Å². The van der Waals surface area contributed by atoms with Crippen LogP contribution in [0, 0.1) is 4.77 Å². The van der Waals surface area contributed by atoms with E-state index in [0.29, 0.717) is 17.9 Å². The SMILES string of the molecule is COCCn1c(-c2cnn(C)c2)n[nH]c1=S. The molecule has 0 radical (unpaired) electrons. The van der Waals surface area contributed by atoms with Gasteiger partial charge in [-0.1, -0.05) is 0 Å². The number of hydrogen-bond acceptors (Lipinski definition) is 4. The summed E-state index contributed by atoms with van der Waals surface area (Å²) in [6, 6.07) is 0. The lowest BCUT2D eigenvalue weighted by atomic mass is 10.3. The molecular formula is C9H13N5OS. The van der Waals surface area contributed by atoms with E-state index >= 15 is 0 Å². The Morgan fingerprint density at radius 3 is 3.00 bits per heavy atom. The Bertz CT molecular complexity index is 526. The first-order valence-electron chi connectivity index (χ1n) is 4.85. The fourth-order valence-electron chi connectivity index (χ4n) is 1.46. The van der Waals surface area contributed by atoms with Gasteiger partial charge < -0.3 is 4.74 Å². The van der Waals surface area contributed by atoms with E-state index in [-0.39, 0.29) is 0 Å². The van der Waals surface area contributed by atoms with Gasteiger partial charge in [-0.2, -0.15) is 10.2 Å². The van der Waals surface area contributed by atoms with E-state index in [2.05, 4.69) is 15.3 Å². The number of hydrogen-bond donors (Lipinski definition) is 1. The molecule has 0 aliphatic carbocycles. The number of nitrogens with zero attached hydrogens (tertiary/aromatic N) is 4. The van der Waals surface area contributed by atoms with E-state index < -0.39 is 0 Å². The largest absolute Gasteiger partial charge is 0.383 e. The second kappa shape index (κ2) is 4.58. The molecule has 0 saturated heterocycles. The second-order valence-electron chi connectivity index (χ2n) is 3.40. The van der Waals surface area contributed by atoms with Gasteiger partial charge in [0.25, 0.3) is 0 Å². The summed E-state index contributed by atoms with van der Waals surface area (Å²) >= 11 is 5.16. The predicted octanol–water partition coefficient (Wildman–Crippen LogP) is 0.988. The summed E-state index contributed by atoms with van der Waals surface area (Å²) in [4.78, 5) is 0. The van der Waals surface area contributed by atoms with E-state index in [1.807, 2.05) is 17.8 Å². The highest BCUT2D eigenvalue weighted by atomic mass is 32.1. The van der Waals surface area contributed by atoms with Crippen LogP contribution in [0.1, 0.15) is 0 Å². The van der Waals surface area contributed by atoms with Gasteiger partial charge in [-0.05, 0) is 12.2 Å². The van der Waals surface area contributed by atoms with E-state index in [0.717, 1.165) is 11.4 Å². The summed E-state index contributed by atoms with van der Waals surface area (Å²) in [5.41, 5.74) is 0.936. The lowest BCUT2D eigenvalue weighted by Crippen LogP contribution is -2.05. The molecule has 0 fully saturated rings. The number of rotatable bonds is 4. The number of ether oxygens (including phenoxy) is 1. The van der Waals surface area contributed by atoms with Crippen LogP contribution in [0.4, 0.5) is 0 Å². The van der Waals surface area contributed by atoms with Gasteiger partial charge in [0.2, 0.25) is 0 Å². The standard InChI is InChI=1S/C9H13N5OS/c1-13-6-7(5-10-13)8-11-12-9(16)14(8)3-4-15-2/h5-6H,3-4H2,1-2H3,(H,12,16). The normalized spacial score (nSPS) is 10.9. The van der Waals surface area contributed by atoms with Crippen LogP contribution >= 0.6 is 12.2 Å². The van der Waals surface area contributed by atoms with Crippen LogP contribution in [0.25, 0.3) is 11.4 Å². The van der Waals surface area contributed by atoms with E-state index in [4.69, 9.17) is 17.0 Å². The molecule has 2 aromatic heterocycles. The van der Waals surface area contributed by atoms with E-state index in [1.165, 1.54) is 0 Å². The Morgan fingerprint density at radius 1 is 1.56 bits per heavy atom. The van der Waals surface area contributed by atoms with Crippen LogP contribution < -0.4 is 0 Å². The zero-order chi connectivity index (χ0) is 11.5. The molecule has 0 aliphatic heterocycles. The highest BCUT2D eigenvalue weighted by Gasteiger charge is 2.09. The molecule has 0 amide bonds. The second-order valence-corrected chi connectivity index (χ2v) is 3.79. The van der Waals surface area contributed by atoms with Gasteiger partial charge in [-0.3, -0.25) is 14.3 Å². The third kappa shape index (κ3) is 2.05. The number of methoxy groups -OCH3 is 1. The molecule has 0 spiro atoms. The van der Waals surface area contributed by atoms with E-state index in [1.54, 1.807) is 18.0 Å². The number of nitrogens with one attached hydrogen (secondary N) is 1. The zero-order valence-corrected chi connectivity index (χ0v) is 9.99. The summed E-state index contributed by atoms with van der Waals surface area (Å²) in [5, 5.41) is 11.1. The van der Waals surface area contributed by atoms with Gasteiger partial charge >= 0.3 is 0 Å². The van der Waals surface area contributed by atoms with Gasteiger partial charge in [0.05, 0.1) is 24.9 Å². The highest BCUT2D eigenvalue weighted by molar-refractivity contribution is 7.71.